The molecule has 11 N–H and O–H groups in total. The van der Waals surface area contributed by atoms with Gasteiger partial charge in [0.2, 0.25) is 0 Å². The van der Waals surface area contributed by atoms with Crippen LogP contribution in [-0.4, -0.2) is 205 Å². The summed E-state index contributed by atoms with van der Waals surface area (Å²) in [5.41, 5.74) is -1.01. The molecule has 28 atom stereocenters. The predicted octanol–water partition coefficient (Wildman–Crippen LogP) is -2.58. The third-order valence-corrected chi connectivity index (χ3v) is 18.2. The van der Waals surface area contributed by atoms with Crippen molar-refractivity contribution in [2.45, 2.75) is 195 Å². The molecule has 5 aliphatic heterocycles. The molecule has 65 heavy (non-hydrogen) atoms. The molecular weight excluding hydrogens is 860 g/mol. The van der Waals surface area contributed by atoms with E-state index in [9.17, 15) is 61.0 Å². The van der Waals surface area contributed by atoms with Gasteiger partial charge in [-0.2, -0.15) is 0 Å². The zero-order valence-electron chi connectivity index (χ0n) is 37.5. The van der Waals surface area contributed by atoms with Crippen molar-refractivity contribution in [3.63, 3.8) is 0 Å². The molecule has 0 radical (unpaired) electrons. The number of rotatable bonds is 9. The number of fused-ring (bicyclic) bond motifs is 7. The highest BCUT2D eigenvalue weighted by atomic mass is 16.8. The molecule has 20 heteroatoms. The first-order valence-corrected chi connectivity index (χ1v) is 23.9. The number of ether oxygens (including phenoxy) is 8. The van der Waals surface area contributed by atoms with Crippen LogP contribution in [0.2, 0.25) is 0 Å². The Bertz CT molecular complexity index is 1680. The van der Waals surface area contributed by atoms with E-state index in [1.54, 1.807) is 0 Å². The first-order chi connectivity index (χ1) is 30.8. The molecule has 9 aliphatic rings. The van der Waals surface area contributed by atoms with Gasteiger partial charge in [-0.25, -0.2) is 0 Å². The van der Waals surface area contributed by atoms with Crippen LogP contribution in [0.4, 0.5) is 0 Å². The van der Waals surface area contributed by atoms with E-state index in [2.05, 4.69) is 27.7 Å². The second-order valence-corrected chi connectivity index (χ2v) is 21.5. The van der Waals surface area contributed by atoms with Gasteiger partial charge in [0, 0.05) is 30.1 Å². The van der Waals surface area contributed by atoms with Crippen molar-refractivity contribution in [1.29, 1.82) is 0 Å². The average molecular weight is 933 g/mol. The van der Waals surface area contributed by atoms with Gasteiger partial charge in [-0.1, -0.05) is 27.7 Å². The maximum atomic E-state index is 14.7. The number of aliphatic hydroxyl groups excluding tert-OH is 11. The van der Waals surface area contributed by atoms with E-state index in [1.165, 1.54) is 0 Å². The SMILES string of the molecule is CC1CC[C@@]2(OC1)O[C@H]1C[C@H]3[C@@H]4CC[C@@H]5C[C@@H](O[C@@H]6O[C@H](CO)[C@@H](O)[C@H](O[C@@H]7O[C@H](CO)[C@@H](O)[C@H](O)[C@H]7O)[C@H]6O[C@@H]6O[C@H](CO)[C@@H](O)[C@H](O)[C@H]6O)[C@@H](O)C[C@]5(C)[C@H]4CC(=O)[C@]3(C)[C@H]1[C@@H]2C. The lowest BCUT2D eigenvalue weighted by Gasteiger charge is -2.61. The zero-order valence-corrected chi connectivity index (χ0v) is 37.5. The summed E-state index contributed by atoms with van der Waals surface area (Å²) in [5, 5.41) is 118. The summed E-state index contributed by atoms with van der Waals surface area (Å²) in [6.45, 7) is 6.97. The Kier molecular flexibility index (Phi) is 13.7. The second-order valence-electron chi connectivity index (χ2n) is 21.5. The quantitative estimate of drug-likeness (QED) is 0.106. The van der Waals surface area contributed by atoms with Gasteiger partial charge in [0.05, 0.1) is 44.7 Å². The standard InChI is InChI=1S/C45H72O20/c1-17-7-8-45(58-16-17)18(2)30-25(65-45)10-22-20-6-5-19-9-24(23(49)12-43(19,3)21(20)11-29(50)44(22,30)4)59-42-39(64-41-37(57)35(55)32(52)27(14-47)61-41)38(33(53)28(15-48)62-42)63-40-36(56)34(54)31(51)26(13-46)60-40/h17-28,30-42,46-49,51-57H,5-16H2,1-4H3/t17?,18-,19+,20+,21-,22-,23-,24+,25-,26+,27+,28+,30-,31+,32+,33+,34-,35-,36+,37+,38-,39+,40-,41-,42+,43-,44+,45+/m0/s1. The number of hydrogen-bond donors (Lipinski definition) is 11. The highest BCUT2D eigenvalue weighted by Gasteiger charge is 2.72. The number of ketones is 1. The summed E-state index contributed by atoms with van der Waals surface area (Å²) in [4.78, 5) is 14.7. The van der Waals surface area contributed by atoms with Crippen LogP contribution in [-0.2, 0) is 42.7 Å². The van der Waals surface area contributed by atoms with Crippen molar-refractivity contribution in [1.82, 2.24) is 0 Å². The molecule has 0 amide bonds. The molecule has 0 bridgehead atoms. The van der Waals surface area contributed by atoms with Gasteiger partial charge in [0.25, 0.3) is 0 Å². The van der Waals surface area contributed by atoms with Crippen LogP contribution in [0.5, 0.6) is 0 Å². The average Bonchev–Trinajstić information content (AvgIpc) is 3.73. The monoisotopic (exact) mass is 932 g/mol. The first kappa shape index (κ1) is 48.9. The summed E-state index contributed by atoms with van der Waals surface area (Å²) >= 11 is 0. The van der Waals surface area contributed by atoms with Crippen molar-refractivity contribution in [2.75, 3.05) is 26.4 Å². The van der Waals surface area contributed by atoms with E-state index in [0.29, 0.717) is 25.4 Å². The molecule has 9 fully saturated rings. The molecule has 1 unspecified atom stereocenters. The molecule has 0 aromatic rings. The molecule has 5 saturated heterocycles. The third kappa shape index (κ3) is 7.90. The lowest BCUT2D eigenvalue weighted by Crippen LogP contribution is -2.68. The van der Waals surface area contributed by atoms with Gasteiger partial charge in [-0.15, -0.1) is 0 Å². The fraction of sp³-hybridized carbons (Fsp3) is 0.978. The van der Waals surface area contributed by atoms with Gasteiger partial charge in [-0.3, -0.25) is 4.79 Å². The van der Waals surface area contributed by atoms with Crippen molar-refractivity contribution >= 4 is 5.78 Å². The van der Waals surface area contributed by atoms with Crippen LogP contribution in [0.3, 0.4) is 0 Å². The van der Waals surface area contributed by atoms with E-state index >= 15 is 0 Å². The maximum absolute atomic E-state index is 14.7. The van der Waals surface area contributed by atoms with Crippen molar-refractivity contribution in [3.05, 3.63) is 0 Å². The van der Waals surface area contributed by atoms with Gasteiger partial charge < -0.3 is 94.1 Å². The van der Waals surface area contributed by atoms with E-state index in [4.69, 9.17) is 37.9 Å². The molecule has 20 nitrogen and oxygen atoms in total. The predicted molar refractivity (Wildman–Crippen MR) is 217 cm³/mol. The Morgan fingerprint density at radius 2 is 1.25 bits per heavy atom. The van der Waals surface area contributed by atoms with Gasteiger partial charge >= 0.3 is 0 Å². The largest absolute Gasteiger partial charge is 0.394 e. The number of aliphatic hydroxyl groups is 11. The van der Waals surface area contributed by atoms with Crippen molar-refractivity contribution in [2.24, 2.45) is 52.3 Å². The van der Waals surface area contributed by atoms with Crippen LogP contribution in [0.25, 0.3) is 0 Å². The summed E-state index contributed by atoms with van der Waals surface area (Å²) in [5.74, 6) is 0.514. The molecule has 372 valence electrons. The van der Waals surface area contributed by atoms with Gasteiger partial charge in [0.15, 0.2) is 24.7 Å². The molecule has 5 heterocycles. The topological polar surface area (TPSA) is 313 Å². The Labute approximate surface area is 378 Å². The molecule has 1 spiro atoms. The van der Waals surface area contributed by atoms with Gasteiger partial charge in [0.1, 0.15) is 79.0 Å². The smallest absolute Gasteiger partial charge is 0.187 e. The van der Waals surface area contributed by atoms with Crippen molar-refractivity contribution < 1.29 is 98.9 Å². The number of hydrogen-bond acceptors (Lipinski definition) is 20. The molecule has 4 saturated carbocycles. The minimum Gasteiger partial charge on any atom is -0.394 e. The minimum absolute atomic E-state index is 0.00395. The third-order valence-electron chi connectivity index (χ3n) is 18.2. The lowest BCUT2D eigenvalue weighted by molar-refractivity contribution is -0.398. The molecule has 0 aromatic carbocycles. The Morgan fingerprint density at radius 3 is 1.83 bits per heavy atom. The summed E-state index contributed by atoms with van der Waals surface area (Å²) in [7, 11) is 0. The molecule has 4 aliphatic carbocycles. The zero-order chi connectivity index (χ0) is 46.7. The van der Waals surface area contributed by atoms with Crippen LogP contribution in [0.15, 0.2) is 0 Å². The van der Waals surface area contributed by atoms with E-state index in [0.717, 1.165) is 32.1 Å². The van der Waals surface area contributed by atoms with E-state index in [-0.39, 0.29) is 53.8 Å². The van der Waals surface area contributed by atoms with Crippen LogP contribution in [0.1, 0.15) is 79.1 Å². The molecule has 9 rings (SSSR count). The fourth-order valence-electron chi connectivity index (χ4n) is 14.4. The normalized spacial score (nSPS) is 58.0. The van der Waals surface area contributed by atoms with E-state index in [1.807, 2.05) is 0 Å². The fourth-order valence-corrected chi connectivity index (χ4v) is 14.4. The van der Waals surface area contributed by atoms with Crippen LogP contribution >= 0.6 is 0 Å². The summed E-state index contributed by atoms with van der Waals surface area (Å²) in [6, 6.07) is 0. The Morgan fingerprint density at radius 1 is 0.662 bits per heavy atom. The van der Waals surface area contributed by atoms with Crippen molar-refractivity contribution in [3.8, 4) is 0 Å². The van der Waals surface area contributed by atoms with Crippen LogP contribution < -0.4 is 0 Å². The number of carbonyl (C=O) groups is 1. The molecule has 0 aromatic heterocycles. The highest BCUT2D eigenvalue weighted by Crippen LogP contribution is 2.70. The van der Waals surface area contributed by atoms with E-state index < -0.39 is 141 Å². The lowest BCUT2D eigenvalue weighted by atomic mass is 9.43. The minimum atomic E-state index is -1.94. The Balaban J connectivity index is 0.955. The Hall–Kier alpha value is -1.09. The first-order valence-electron chi connectivity index (χ1n) is 23.9. The molecular formula is C45H72O20. The number of Topliss-reactive ketones (excluding diaryl/α,β-unsaturated/α-hetero) is 1. The second kappa shape index (κ2) is 18.3. The maximum Gasteiger partial charge on any atom is 0.187 e. The van der Waals surface area contributed by atoms with Crippen LogP contribution in [0, 0.1) is 52.3 Å². The highest BCUT2D eigenvalue weighted by molar-refractivity contribution is 5.87. The number of carbonyl (C=O) groups excluding carboxylic acids is 1. The van der Waals surface area contributed by atoms with Gasteiger partial charge in [-0.05, 0) is 73.5 Å². The summed E-state index contributed by atoms with van der Waals surface area (Å²) < 4.78 is 49.4. The summed E-state index contributed by atoms with van der Waals surface area (Å²) in [6.07, 6.45) is -22.8.